The Labute approximate surface area is 107 Å². The highest BCUT2D eigenvalue weighted by molar-refractivity contribution is 7.71. The molecular formula is C14H18N2S. The molecule has 0 aliphatic carbocycles. The number of nitrogens with zero attached hydrogens (tertiary/aromatic N) is 1. The molecular weight excluding hydrogens is 228 g/mol. The number of hydrogen-bond donors (Lipinski definition) is 1. The van der Waals surface area contributed by atoms with Crippen LogP contribution in [0.1, 0.15) is 25.1 Å². The fourth-order valence-corrected chi connectivity index (χ4v) is 2.27. The first-order chi connectivity index (χ1) is 8.08. The molecule has 2 aromatic rings. The minimum atomic E-state index is 0.633. The molecule has 0 aliphatic rings. The number of H-pyrrole nitrogens is 1. The van der Waals surface area contributed by atoms with Gasteiger partial charge in [-0.3, -0.25) is 5.10 Å². The molecule has 1 heterocycles. The van der Waals surface area contributed by atoms with E-state index in [0.717, 1.165) is 16.7 Å². The van der Waals surface area contributed by atoms with Crippen molar-refractivity contribution in [3.8, 4) is 5.69 Å². The Balaban J connectivity index is 2.43. The average Bonchev–Trinajstić information content (AvgIpc) is 2.59. The number of benzene rings is 1. The second-order valence-electron chi connectivity index (χ2n) is 4.84. The summed E-state index contributed by atoms with van der Waals surface area (Å²) in [5.74, 6) is 0.633. The van der Waals surface area contributed by atoms with Gasteiger partial charge in [0.2, 0.25) is 0 Å². The zero-order chi connectivity index (χ0) is 12.4. The minimum absolute atomic E-state index is 0.633. The predicted molar refractivity (Wildman–Crippen MR) is 74.2 cm³/mol. The van der Waals surface area contributed by atoms with Gasteiger partial charge in [0.25, 0.3) is 0 Å². The highest BCUT2D eigenvalue weighted by Crippen LogP contribution is 2.15. The molecule has 90 valence electrons. The number of hydrogen-bond acceptors (Lipinski definition) is 1. The first-order valence-electron chi connectivity index (χ1n) is 5.95. The van der Waals surface area contributed by atoms with Crippen molar-refractivity contribution < 1.29 is 0 Å². The number of rotatable bonds is 3. The van der Waals surface area contributed by atoms with E-state index in [0.29, 0.717) is 5.92 Å². The Hall–Kier alpha value is -1.35. The van der Waals surface area contributed by atoms with Crippen LogP contribution in [0.15, 0.2) is 30.3 Å². The lowest BCUT2D eigenvalue weighted by molar-refractivity contribution is 0.628. The predicted octanol–water partition coefficient (Wildman–Crippen LogP) is 4.04. The van der Waals surface area contributed by atoms with Crippen LogP contribution >= 0.6 is 12.2 Å². The molecule has 3 heteroatoms. The Kier molecular flexibility index (Phi) is 3.48. The molecule has 0 radical (unpaired) electrons. The van der Waals surface area contributed by atoms with Crippen molar-refractivity contribution in [3.05, 3.63) is 46.2 Å². The molecule has 0 spiro atoms. The molecule has 0 unspecified atom stereocenters. The summed E-state index contributed by atoms with van der Waals surface area (Å²) in [6, 6.07) is 10.3. The first kappa shape index (κ1) is 12.1. The molecule has 0 saturated carbocycles. The summed E-state index contributed by atoms with van der Waals surface area (Å²) in [6.45, 7) is 6.52. The van der Waals surface area contributed by atoms with E-state index in [2.05, 4.69) is 44.1 Å². The van der Waals surface area contributed by atoms with E-state index in [1.165, 1.54) is 11.3 Å². The van der Waals surface area contributed by atoms with Gasteiger partial charge >= 0.3 is 0 Å². The fourth-order valence-electron chi connectivity index (χ4n) is 1.98. The van der Waals surface area contributed by atoms with Gasteiger partial charge in [0.15, 0.2) is 0 Å². The maximum Gasteiger partial charge on any atom is 0.127 e. The van der Waals surface area contributed by atoms with Gasteiger partial charge in [0.05, 0.1) is 5.69 Å². The summed E-state index contributed by atoms with van der Waals surface area (Å²) >= 11 is 5.40. The molecule has 0 amide bonds. The van der Waals surface area contributed by atoms with Crippen molar-refractivity contribution in [2.75, 3.05) is 0 Å². The number of aryl methyl sites for hydroxylation is 1. The molecule has 0 aliphatic heterocycles. The third kappa shape index (κ3) is 2.67. The Morgan fingerprint density at radius 2 is 2.00 bits per heavy atom. The van der Waals surface area contributed by atoms with Crippen LogP contribution in [-0.4, -0.2) is 9.78 Å². The summed E-state index contributed by atoms with van der Waals surface area (Å²) in [5.41, 5.74) is 3.56. The van der Waals surface area contributed by atoms with E-state index in [9.17, 15) is 0 Å². The van der Waals surface area contributed by atoms with Gasteiger partial charge in [-0.25, -0.2) is 4.68 Å². The quantitative estimate of drug-likeness (QED) is 0.811. The normalized spacial score (nSPS) is 11.1. The van der Waals surface area contributed by atoms with Gasteiger partial charge < -0.3 is 0 Å². The number of aromatic amines is 1. The summed E-state index contributed by atoms with van der Waals surface area (Å²) < 4.78 is 2.83. The lowest BCUT2D eigenvalue weighted by atomic mass is 10.1. The van der Waals surface area contributed by atoms with Crippen LogP contribution in [0.5, 0.6) is 0 Å². The van der Waals surface area contributed by atoms with Crippen LogP contribution in [-0.2, 0) is 6.42 Å². The van der Waals surface area contributed by atoms with Gasteiger partial charge in [0.1, 0.15) is 4.64 Å². The third-order valence-corrected chi connectivity index (χ3v) is 3.06. The van der Waals surface area contributed by atoms with Gasteiger partial charge in [-0.2, -0.15) is 0 Å². The van der Waals surface area contributed by atoms with Gasteiger partial charge in [0, 0.05) is 5.69 Å². The Morgan fingerprint density at radius 3 is 2.65 bits per heavy atom. The summed E-state index contributed by atoms with van der Waals surface area (Å²) in [6.07, 6.45) is 1.03. The molecule has 1 aromatic carbocycles. The fraction of sp³-hybridized carbons (Fsp3) is 0.357. The smallest absolute Gasteiger partial charge is 0.127 e. The van der Waals surface area contributed by atoms with Crippen molar-refractivity contribution in [1.29, 1.82) is 0 Å². The monoisotopic (exact) mass is 246 g/mol. The van der Waals surface area contributed by atoms with Crippen molar-refractivity contribution in [2.24, 2.45) is 5.92 Å². The molecule has 2 nitrogen and oxygen atoms in total. The van der Waals surface area contributed by atoms with Crippen LogP contribution in [0, 0.1) is 17.5 Å². The van der Waals surface area contributed by atoms with Crippen LogP contribution < -0.4 is 0 Å². The summed E-state index contributed by atoms with van der Waals surface area (Å²) in [7, 11) is 0. The maximum atomic E-state index is 5.40. The molecule has 0 saturated heterocycles. The van der Waals surface area contributed by atoms with Crippen molar-refractivity contribution in [3.63, 3.8) is 0 Å². The zero-order valence-corrected chi connectivity index (χ0v) is 11.3. The first-order valence-corrected chi connectivity index (χ1v) is 6.35. The van der Waals surface area contributed by atoms with E-state index in [1.807, 2.05) is 16.8 Å². The highest BCUT2D eigenvalue weighted by Gasteiger charge is 2.06. The lowest BCUT2D eigenvalue weighted by Crippen LogP contribution is -2.01. The standard InChI is InChI=1S/C14H18N2S/c1-10(2)8-12-9-14(17)16(15-12)13-7-5-4-6-11(13)3/h4-7,9-10,15H,8H2,1-3H3. The summed E-state index contributed by atoms with van der Waals surface area (Å²) in [5, 5.41) is 3.38. The van der Waals surface area contributed by atoms with Crippen LogP contribution in [0.4, 0.5) is 0 Å². The highest BCUT2D eigenvalue weighted by atomic mass is 32.1. The topological polar surface area (TPSA) is 20.7 Å². The van der Waals surface area contributed by atoms with E-state index in [-0.39, 0.29) is 0 Å². The zero-order valence-electron chi connectivity index (χ0n) is 10.5. The molecule has 2 rings (SSSR count). The molecule has 0 bridgehead atoms. The largest absolute Gasteiger partial charge is 0.297 e. The second kappa shape index (κ2) is 4.88. The number of aromatic nitrogens is 2. The number of para-hydroxylation sites is 1. The molecule has 0 atom stereocenters. The van der Waals surface area contributed by atoms with Crippen molar-refractivity contribution in [2.45, 2.75) is 27.2 Å². The minimum Gasteiger partial charge on any atom is -0.297 e. The van der Waals surface area contributed by atoms with E-state index < -0.39 is 0 Å². The number of nitrogens with one attached hydrogen (secondary N) is 1. The van der Waals surface area contributed by atoms with E-state index in [1.54, 1.807) is 0 Å². The van der Waals surface area contributed by atoms with Crippen molar-refractivity contribution in [1.82, 2.24) is 9.78 Å². The van der Waals surface area contributed by atoms with Crippen LogP contribution in [0.3, 0.4) is 0 Å². The van der Waals surface area contributed by atoms with E-state index >= 15 is 0 Å². The van der Waals surface area contributed by atoms with Gasteiger partial charge in [-0.1, -0.05) is 44.3 Å². The van der Waals surface area contributed by atoms with Crippen LogP contribution in [0.2, 0.25) is 0 Å². The molecule has 1 aromatic heterocycles. The third-order valence-electron chi connectivity index (χ3n) is 2.76. The molecule has 1 N–H and O–H groups in total. The van der Waals surface area contributed by atoms with Crippen LogP contribution in [0.25, 0.3) is 5.69 Å². The molecule has 17 heavy (non-hydrogen) atoms. The average molecular weight is 246 g/mol. The van der Waals surface area contributed by atoms with E-state index in [4.69, 9.17) is 12.2 Å². The second-order valence-corrected chi connectivity index (χ2v) is 5.26. The summed E-state index contributed by atoms with van der Waals surface area (Å²) in [4.78, 5) is 0. The van der Waals surface area contributed by atoms with Crippen molar-refractivity contribution >= 4 is 12.2 Å². The van der Waals surface area contributed by atoms with Gasteiger partial charge in [-0.05, 0) is 37.0 Å². The Bertz CT molecular complexity index is 564. The Morgan fingerprint density at radius 1 is 1.29 bits per heavy atom. The lowest BCUT2D eigenvalue weighted by Gasteiger charge is -2.07. The van der Waals surface area contributed by atoms with Gasteiger partial charge in [-0.15, -0.1) is 0 Å². The molecule has 0 fully saturated rings. The maximum absolute atomic E-state index is 5.40. The SMILES string of the molecule is Cc1ccccc1-n1[nH]c(CC(C)C)cc1=S.